The number of rotatable bonds is 10. The molecule has 0 bridgehead atoms. The molecule has 0 aliphatic carbocycles. The molecule has 1 heterocycles. The zero-order chi connectivity index (χ0) is 33.0. The fourth-order valence-corrected chi connectivity index (χ4v) is 5.13. The lowest BCUT2D eigenvalue weighted by Gasteiger charge is -2.32. The highest BCUT2D eigenvalue weighted by Gasteiger charge is 2.41. The number of alkyl carbamates (subject to hydrolysis) is 1. The molecule has 9 heteroatoms. The average molecular weight is 615 g/mol. The van der Waals surface area contributed by atoms with Crippen LogP contribution in [0.5, 0.6) is 5.75 Å². The number of amidine groups is 1. The summed E-state index contributed by atoms with van der Waals surface area (Å²) in [5.41, 5.74) is 15.1. The van der Waals surface area contributed by atoms with Gasteiger partial charge < -0.3 is 31.0 Å². The molecule has 0 fully saturated rings. The minimum atomic E-state index is -1.54. The van der Waals surface area contributed by atoms with Crippen molar-refractivity contribution in [3.63, 3.8) is 0 Å². The van der Waals surface area contributed by atoms with Crippen LogP contribution in [0.3, 0.4) is 0 Å². The van der Waals surface area contributed by atoms with Crippen LogP contribution in [0, 0.1) is 6.92 Å². The molecule has 0 saturated heterocycles. The van der Waals surface area contributed by atoms with Gasteiger partial charge in [0.25, 0.3) is 0 Å². The molecule has 2 unspecified atom stereocenters. The molecule has 5 N–H and O–H groups in total. The van der Waals surface area contributed by atoms with E-state index in [0.29, 0.717) is 29.3 Å². The predicted octanol–water partition coefficient (Wildman–Crippen LogP) is 6.14. The fraction of sp³-hybridized carbons (Fsp3) is 0.417. The average Bonchev–Trinajstić information content (AvgIpc) is 2.95. The van der Waals surface area contributed by atoms with Crippen molar-refractivity contribution >= 4 is 23.6 Å². The second-order valence-electron chi connectivity index (χ2n) is 13.4. The van der Waals surface area contributed by atoms with Crippen LogP contribution in [0.15, 0.2) is 71.7 Å². The van der Waals surface area contributed by atoms with Crippen molar-refractivity contribution in [3.8, 4) is 5.75 Å². The summed E-state index contributed by atoms with van der Waals surface area (Å²) < 4.78 is 17.4. The van der Waals surface area contributed by atoms with Gasteiger partial charge in [0.1, 0.15) is 34.0 Å². The monoisotopic (exact) mass is 614 g/mol. The van der Waals surface area contributed by atoms with Crippen molar-refractivity contribution in [2.45, 2.75) is 97.1 Å². The number of nitrogens with zero attached hydrogens (tertiary/aromatic N) is 1. The second kappa shape index (κ2) is 13.3. The highest BCUT2D eigenvalue weighted by atomic mass is 16.6. The molecule has 0 radical (unpaired) electrons. The van der Waals surface area contributed by atoms with E-state index < -0.39 is 28.8 Å². The maximum Gasteiger partial charge on any atom is 0.407 e. The van der Waals surface area contributed by atoms with E-state index in [-0.39, 0.29) is 19.1 Å². The molecule has 9 nitrogen and oxygen atoms in total. The Hall–Kier alpha value is -4.37. The quantitative estimate of drug-likeness (QED) is 0.233. The third kappa shape index (κ3) is 8.85. The Labute approximate surface area is 266 Å². The Morgan fingerprint density at radius 3 is 2.38 bits per heavy atom. The number of carbonyl (C=O) groups is 2. The van der Waals surface area contributed by atoms with Crippen LogP contribution in [0.4, 0.5) is 10.5 Å². The molecule has 2 atom stereocenters. The highest BCUT2D eigenvalue weighted by Crippen LogP contribution is 2.37. The number of nitrogens with two attached hydrogens (primary N) is 2. The summed E-state index contributed by atoms with van der Waals surface area (Å²) in [4.78, 5) is 30.9. The first-order valence-electron chi connectivity index (χ1n) is 15.3. The Kier molecular flexibility index (Phi) is 9.92. The van der Waals surface area contributed by atoms with Crippen LogP contribution in [0.2, 0.25) is 0 Å². The highest BCUT2D eigenvalue weighted by molar-refractivity contribution is 5.90. The summed E-state index contributed by atoms with van der Waals surface area (Å²) >= 11 is 0. The van der Waals surface area contributed by atoms with Gasteiger partial charge in [-0.25, -0.2) is 14.6 Å². The van der Waals surface area contributed by atoms with Gasteiger partial charge in [0.05, 0.1) is 0 Å². The number of nitrogens with one attached hydrogen (secondary N) is 1. The smallest absolute Gasteiger partial charge is 0.407 e. The van der Waals surface area contributed by atoms with E-state index >= 15 is 0 Å². The lowest BCUT2D eigenvalue weighted by molar-refractivity contribution is -0.162. The van der Waals surface area contributed by atoms with Gasteiger partial charge in [-0.3, -0.25) is 0 Å². The first kappa shape index (κ1) is 33.5. The van der Waals surface area contributed by atoms with Crippen LogP contribution in [-0.4, -0.2) is 35.2 Å². The third-order valence-corrected chi connectivity index (χ3v) is 7.74. The van der Waals surface area contributed by atoms with Crippen LogP contribution in [0.25, 0.3) is 0 Å². The number of amides is 1. The molecule has 4 rings (SSSR count). The van der Waals surface area contributed by atoms with Crippen molar-refractivity contribution in [1.82, 2.24) is 5.32 Å². The maximum absolute atomic E-state index is 13.7. The van der Waals surface area contributed by atoms with Crippen molar-refractivity contribution in [3.05, 3.63) is 94.5 Å². The van der Waals surface area contributed by atoms with E-state index in [0.717, 1.165) is 17.5 Å². The zero-order valence-electron chi connectivity index (χ0n) is 27.4. The summed E-state index contributed by atoms with van der Waals surface area (Å²) in [7, 11) is 0. The number of ether oxygens (including phenoxy) is 3. The van der Waals surface area contributed by atoms with E-state index in [1.165, 1.54) is 11.1 Å². The first-order chi connectivity index (χ1) is 21.0. The molecule has 0 saturated carbocycles. The number of esters is 1. The van der Waals surface area contributed by atoms with E-state index in [2.05, 4.69) is 29.4 Å². The van der Waals surface area contributed by atoms with E-state index in [1.807, 2.05) is 57.2 Å². The molecule has 3 aromatic rings. The van der Waals surface area contributed by atoms with Crippen LogP contribution < -0.4 is 21.5 Å². The summed E-state index contributed by atoms with van der Waals surface area (Å²) in [5, 5.41) is 2.86. The minimum Gasteiger partial charge on any atom is -0.481 e. The van der Waals surface area contributed by atoms with E-state index in [1.54, 1.807) is 39.0 Å². The molecular formula is C36H46N4O5. The predicted molar refractivity (Wildman–Crippen MR) is 177 cm³/mol. The second-order valence-corrected chi connectivity index (χ2v) is 13.4. The number of aliphatic imine (C=N–C) groups is 1. The van der Waals surface area contributed by atoms with Crippen molar-refractivity contribution < 1.29 is 23.8 Å². The standard InChI is InChI=1S/C36H46N4O5/c1-23-11-8-9-14-27(23)17-18-35(6,7)45-33(42)39-22-26-13-10-12-25(19-26)21-36(38,32(41)44-34(3,4)5)28-15-16-30-29(20-28)40-31(37)24(2)43-30/h8-16,19-20,24H,17-18,21-22,38H2,1-7H3,(H2,37,40)(H,39,42). The Bertz CT molecular complexity index is 1580. The minimum absolute atomic E-state index is 0.140. The van der Waals surface area contributed by atoms with Crippen LogP contribution in [-0.2, 0) is 39.2 Å². The number of hydrogen-bond acceptors (Lipinski definition) is 8. The van der Waals surface area contributed by atoms with Crippen molar-refractivity contribution in [2.24, 2.45) is 16.5 Å². The normalized spacial score (nSPS) is 16.0. The summed E-state index contributed by atoms with van der Waals surface area (Å²) in [5.74, 6) is 0.329. The first-order valence-corrected chi connectivity index (χ1v) is 15.3. The molecule has 1 amide bonds. The van der Waals surface area contributed by atoms with E-state index in [4.69, 9.17) is 25.7 Å². The number of aryl methyl sites for hydroxylation is 2. The summed E-state index contributed by atoms with van der Waals surface area (Å²) in [6.07, 6.45) is 0.790. The van der Waals surface area contributed by atoms with Crippen molar-refractivity contribution in [2.75, 3.05) is 0 Å². The number of fused-ring (bicyclic) bond motifs is 1. The van der Waals surface area contributed by atoms with Crippen LogP contribution >= 0.6 is 0 Å². The number of carbonyl (C=O) groups excluding carboxylic acids is 2. The molecular weight excluding hydrogens is 568 g/mol. The van der Waals surface area contributed by atoms with Gasteiger partial charge in [-0.15, -0.1) is 0 Å². The number of hydrogen-bond donors (Lipinski definition) is 3. The maximum atomic E-state index is 13.7. The molecule has 0 spiro atoms. The van der Waals surface area contributed by atoms with Gasteiger partial charge in [-0.2, -0.15) is 0 Å². The van der Waals surface area contributed by atoms with Gasteiger partial charge >= 0.3 is 12.1 Å². The summed E-state index contributed by atoms with van der Waals surface area (Å²) in [6.45, 7) is 13.4. The Morgan fingerprint density at radius 2 is 1.67 bits per heavy atom. The third-order valence-electron chi connectivity index (χ3n) is 7.74. The molecule has 3 aromatic carbocycles. The summed E-state index contributed by atoms with van der Waals surface area (Å²) in [6, 6.07) is 21.0. The largest absolute Gasteiger partial charge is 0.481 e. The zero-order valence-corrected chi connectivity index (χ0v) is 27.4. The van der Waals surface area contributed by atoms with E-state index in [9.17, 15) is 9.59 Å². The molecule has 1 aliphatic rings. The Morgan fingerprint density at radius 1 is 0.956 bits per heavy atom. The molecule has 240 valence electrons. The van der Waals surface area contributed by atoms with Crippen molar-refractivity contribution in [1.29, 1.82) is 0 Å². The lowest BCUT2D eigenvalue weighted by Crippen LogP contribution is -2.50. The van der Waals surface area contributed by atoms with Gasteiger partial charge in [0.2, 0.25) is 0 Å². The van der Waals surface area contributed by atoms with Crippen LogP contribution in [0.1, 0.15) is 75.8 Å². The molecule has 1 aliphatic heterocycles. The van der Waals surface area contributed by atoms with Gasteiger partial charge in [0.15, 0.2) is 6.10 Å². The van der Waals surface area contributed by atoms with Gasteiger partial charge in [-0.05, 0) is 101 Å². The lowest BCUT2D eigenvalue weighted by atomic mass is 9.83. The fourth-order valence-electron chi connectivity index (χ4n) is 5.13. The molecule has 0 aromatic heterocycles. The Balaban J connectivity index is 1.47. The SMILES string of the molecule is Cc1ccccc1CCC(C)(C)OC(=O)NCc1cccc(CC(N)(C(=O)OC(C)(C)C)c2ccc3c(c2)N=C(N)C(C)O3)c1. The molecule has 45 heavy (non-hydrogen) atoms. The van der Waals surface area contributed by atoms with Gasteiger partial charge in [-0.1, -0.05) is 54.6 Å². The number of benzene rings is 3. The topological polar surface area (TPSA) is 138 Å². The van der Waals surface area contributed by atoms with Gasteiger partial charge in [0, 0.05) is 13.0 Å².